The van der Waals surface area contributed by atoms with Gasteiger partial charge < -0.3 is 24.0 Å². The minimum Gasteiger partial charge on any atom is -0.495 e. The van der Waals surface area contributed by atoms with Gasteiger partial charge in [-0.05, 0) is 35.4 Å². The van der Waals surface area contributed by atoms with Crippen molar-refractivity contribution < 1.29 is 19.0 Å². The lowest BCUT2D eigenvalue weighted by Crippen LogP contribution is -2.49. The standard InChI is InChI=1S/C24H31N3O4/c1-29-21-7-5-4-6-20(21)26-11-8-25(9-12-26)10-13-27-17-19-15-23(31-3)22(30-2)14-18(19)16-24(27)28/h4-7,14-15H,8-13,16-17H2,1-3H3. The van der Waals surface area contributed by atoms with Gasteiger partial charge in [-0.15, -0.1) is 0 Å². The highest BCUT2D eigenvalue weighted by Crippen LogP contribution is 2.33. The molecule has 4 rings (SSSR count). The van der Waals surface area contributed by atoms with E-state index in [1.807, 2.05) is 29.2 Å². The lowest BCUT2D eigenvalue weighted by Gasteiger charge is -2.38. The maximum atomic E-state index is 12.7. The number of methoxy groups -OCH3 is 3. The average Bonchev–Trinajstić information content (AvgIpc) is 2.82. The van der Waals surface area contributed by atoms with Gasteiger partial charge in [-0.3, -0.25) is 9.69 Å². The number of fused-ring (bicyclic) bond motifs is 1. The first-order valence-electron chi connectivity index (χ1n) is 10.7. The molecule has 0 unspecified atom stereocenters. The van der Waals surface area contributed by atoms with Crippen LogP contribution in [0.25, 0.3) is 0 Å². The van der Waals surface area contributed by atoms with Crippen molar-refractivity contribution in [3.8, 4) is 17.2 Å². The number of carbonyl (C=O) groups is 1. The number of carbonyl (C=O) groups excluding carboxylic acids is 1. The van der Waals surface area contributed by atoms with Crippen LogP contribution in [0.3, 0.4) is 0 Å². The Bertz CT molecular complexity index is 925. The average molecular weight is 426 g/mol. The van der Waals surface area contributed by atoms with Gasteiger partial charge in [0.05, 0.1) is 33.4 Å². The molecule has 166 valence electrons. The van der Waals surface area contributed by atoms with Crippen molar-refractivity contribution in [1.29, 1.82) is 0 Å². The number of hydrogen-bond acceptors (Lipinski definition) is 6. The van der Waals surface area contributed by atoms with Crippen LogP contribution in [0.15, 0.2) is 36.4 Å². The number of rotatable bonds is 7. The van der Waals surface area contributed by atoms with E-state index in [1.165, 1.54) is 0 Å². The van der Waals surface area contributed by atoms with Crippen molar-refractivity contribution >= 4 is 11.6 Å². The van der Waals surface area contributed by atoms with E-state index in [4.69, 9.17) is 14.2 Å². The van der Waals surface area contributed by atoms with Crippen molar-refractivity contribution in [3.63, 3.8) is 0 Å². The van der Waals surface area contributed by atoms with Crippen molar-refractivity contribution in [2.24, 2.45) is 0 Å². The first kappa shape index (κ1) is 21.3. The molecular weight excluding hydrogens is 394 g/mol. The first-order chi connectivity index (χ1) is 15.1. The van der Waals surface area contributed by atoms with Crippen LogP contribution < -0.4 is 19.1 Å². The molecule has 2 aliphatic heterocycles. The van der Waals surface area contributed by atoms with E-state index in [9.17, 15) is 4.79 Å². The summed E-state index contributed by atoms with van der Waals surface area (Å²) in [6.45, 7) is 6.09. The quantitative estimate of drug-likeness (QED) is 0.679. The lowest BCUT2D eigenvalue weighted by molar-refractivity contribution is -0.132. The highest BCUT2D eigenvalue weighted by Gasteiger charge is 2.26. The van der Waals surface area contributed by atoms with Crippen LogP contribution >= 0.6 is 0 Å². The number of ether oxygens (including phenoxy) is 3. The number of para-hydroxylation sites is 2. The Morgan fingerprint density at radius 1 is 0.806 bits per heavy atom. The van der Waals surface area contributed by atoms with E-state index < -0.39 is 0 Å². The maximum Gasteiger partial charge on any atom is 0.227 e. The van der Waals surface area contributed by atoms with Gasteiger partial charge >= 0.3 is 0 Å². The monoisotopic (exact) mass is 425 g/mol. The Kier molecular flexibility index (Phi) is 6.51. The minimum atomic E-state index is 0.173. The molecule has 0 spiro atoms. The predicted molar refractivity (Wildman–Crippen MR) is 120 cm³/mol. The van der Waals surface area contributed by atoms with Crippen LogP contribution in [-0.2, 0) is 17.8 Å². The molecule has 0 radical (unpaired) electrons. The van der Waals surface area contributed by atoms with Gasteiger partial charge in [0, 0.05) is 45.8 Å². The van der Waals surface area contributed by atoms with Crippen LogP contribution in [0, 0.1) is 0 Å². The molecule has 0 atom stereocenters. The summed E-state index contributed by atoms with van der Waals surface area (Å²) in [4.78, 5) is 19.5. The van der Waals surface area contributed by atoms with E-state index in [2.05, 4.69) is 21.9 Å². The molecule has 2 aromatic rings. The van der Waals surface area contributed by atoms with Crippen LogP contribution in [0.1, 0.15) is 11.1 Å². The third kappa shape index (κ3) is 4.56. The molecule has 0 bridgehead atoms. The molecule has 1 fully saturated rings. The molecule has 0 N–H and O–H groups in total. The van der Waals surface area contributed by atoms with Gasteiger partial charge in [0.2, 0.25) is 5.91 Å². The van der Waals surface area contributed by atoms with Gasteiger partial charge in [-0.25, -0.2) is 0 Å². The zero-order valence-electron chi connectivity index (χ0n) is 18.6. The molecule has 1 amide bonds. The molecule has 0 aliphatic carbocycles. The lowest BCUT2D eigenvalue weighted by atomic mass is 9.98. The number of hydrogen-bond donors (Lipinski definition) is 0. The molecule has 2 aromatic carbocycles. The zero-order chi connectivity index (χ0) is 21.8. The Morgan fingerprint density at radius 2 is 1.45 bits per heavy atom. The van der Waals surface area contributed by atoms with Crippen LogP contribution in [0.4, 0.5) is 5.69 Å². The smallest absolute Gasteiger partial charge is 0.227 e. The summed E-state index contributed by atoms with van der Waals surface area (Å²) >= 11 is 0. The summed E-state index contributed by atoms with van der Waals surface area (Å²) in [6.07, 6.45) is 0.414. The van der Waals surface area contributed by atoms with E-state index in [-0.39, 0.29) is 5.91 Å². The van der Waals surface area contributed by atoms with Gasteiger partial charge in [0.15, 0.2) is 11.5 Å². The molecule has 2 heterocycles. The zero-order valence-corrected chi connectivity index (χ0v) is 18.6. The number of anilines is 1. The number of piperazine rings is 1. The molecular formula is C24H31N3O4. The molecule has 7 heteroatoms. The maximum absolute atomic E-state index is 12.7. The molecule has 7 nitrogen and oxygen atoms in total. The fraction of sp³-hybridized carbons (Fsp3) is 0.458. The van der Waals surface area contributed by atoms with E-state index in [1.54, 1.807) is 21.3 Å². The fourth-order valence-corrected chi connectivity index (χ4v) is 4.41. The second-order valence-electron chi connectivity index (χ2n) is 7.97. The van der Waals surface area contributed by atoms with Gasteiger partial charge in [-0.1, -0.05) is 12.1 Å². The largest absolute Gasteiger partial charge is 0.495 e. The number of nitrogens with zero attached hydrogens (tertiary/aromatic N) is 3. The normalized spacial score (nSPS) is 16.8. The van der Waals surface area contributed by atoms with Gasteiger partial charge in [0.1, 0.15) is 5.75 Å². The van der Waals surface area contributed by atoms with Crippen molar-refractivity contribution in [3.05, 3.63) is 47.5 Å². The topological polar surface area (TPSA) is 54.5 Å². The van der Waals surface area contributed by atoms with E-state index in [0.29, 0.717) is 24.5 Å². The third-order valence-corrected chi connectivity index (χ3v) is 6.25. The van der Waals surface area contributed by atoms with Crippen molar-refractivity contribution in [2.75, 3.05) is 65.5 Å². The van der Waals surface area contributed by atoms with Crippen LogP contribution in [0.2, 0.25) is 0 Å². The molecule has 1 saturated heterocycles. The third-order valence-electron chi connectivity index (χ3n) is 6.25. The summed E-state index contributed by atoms with van der Waals surface area (Å²) in [7, 11) is 4.98. The summed E-state index contributed by atoms with van der Waals surface area (Å²) < 4.78 is 16.3. The molecule has 2 aliphatic rings. The minimum absolute atomic E-state index is 0.173. The number of benzene rings is 2. The summed E-state index contributed by atoms with van der Waals surface area (Å²) in [5.74, 6) is 2.48. The second kappa shape index (κ2) is 9.47. The Balaban J connectivity index is 1.33. The summed E-state index contributed by atoms with van der Waals surface area (Å²) in [5.41, 5.74) is 3.32. The van der Waals surface area contributed by atoms with Crippen LogP contribution in [0.5, 0.6) is 17.2 Å². The Labute approximate surface area is 184 Å². The first-order valence-corrected chi connectivity index (χ1v) is 10.7. The molecule has 31 heavy (non-hydrogen) atoms. The highest BCUT2D eigenvalue weighted by atomic mass is 16.5. The van der Waals surface area contributed by atoms with Gasteiger partial charge in [0.25, 0.3) is 0 Å². The fourth-order valence-electron chi connectivity index (χ4n) is 4.41. The van der Waals surface area contributed by atoms with E-state index >= 15 is 0 Å². The SMILES string of the molecule is COc1cc2c(cc1OC)CN(CCN1CCN(c3ccccc3OC)CC1)C(=O)C2. The number of amides is 1. The Hall–Kier alpha value is -2.93. The van der Waals surface area contributed by atoms with E-state index in [0.717, 1.165) is 61.8 Å². The van der Waals surface area contributed by atoms with Crippen molar-refractivity contribution in [1.82, 2.24) is 9.80 Å². The van der Waals surface area contributed by atoms with Crippen molar-refractivity contribution in [2.45, 2.75) is 13.0 Å². The summed E-state index contributed by atoms with van der Waals surface area (Å²) in [5, 5.41) is 0. The predicted octanol–water partition coefficient (Wildman–Crippen LogP) is 2.42. The highest BCUT2D eigenvalue weighted by molar-refractivity contribution is 5.81. The molecule has 0 saturated carbocycles. The Morgan fingerprint density at radius 3 is 2.13 bits per heavy atom. The molecule has 0 aromatic heterocycles. The van der Waals surface area contributed by atoms with Gasteiger partial charge in [-0.2, -0.15) is 0 Å². The summed E-state index contributed by atoms with van der Waals surface area (Å²) in [6, 6.07) is 12.1. The second-order valence-corrected chi connectivity index (χ2v) is 7.97. The van der Waals surface area contributed by atoms with Crippen LogP contribution in [-0.4, -0.2) is 76.3 Å².